The maximum atomic E-state index is 11.1. The van der Waals surface area contributed by atoms with Crippen LogP contribution in [-0.2, 0) is 4.79 Å². The van der Waals surface area contributed by atoms with Crippen LogP contribution >= 0.6 is 0 Å². The van der Waals surface area contributed by atoms with Gasteiger partial charge in [0.05, 0.1) is 6.04 Å². The zero-order chi connectivity index (χ0) is 13.8. The summed E-state index contributed by atoms with van der Waals surface area (Å²) in [5.74, 6) is 1.33. The molecule has 102 valence electrons. The molecule has 4 nitrogen and oxygen atoms in total. The first-order valence-corrected chi connectivity index (χ1v) is 6.77. The molecule has 1 saturated heterocycles. The lowest BCUT2D eigenvalue weighted by atomic mass is 10.1. The molecule has 2 aromatic rings. The van der Waals surface area contributed by atoms with Crippen LogP contribution < -0.4 is 4.74 Å². The summed E-state index contributed by atoms with van der Waals surface area (Å²) in [4.78, 5) is 17.3. The van der Waals surface area contributed by atoms with Gasteiger partial charge in [-0.3, -0.25) is 4.79 Å². The van der Waals surface area contributed by atoms with Crippen molar-refractivity contribution in [2.24, 2.45) is 0 Å². The van der Waals surface area contributed by atoms with E-state index in [4.69, 9.17) is 4.74 Å². The lowest BCUT2D eigenvalue weighted by Crippen LogP contribution is -2.21. The van der Waals surface area contributed by atoms with Crippen molar-refractivity contribution in [1.82, 2.24) is 9.88 Å². The van der Waals surface area contributed by atoms with Crippen LogP contribution in [0.15, 0.2) is 48.7 Å². The first kappa shape index (κ1) is 12.7. The minimum Gasteiger partial charge on any atom is -0.439 e. The van der Waals surface area contributed by atoms with Gasteiger partial charge in [0, 0.05) is 18.3 Å². The van der Waals surface area contributed by atoms with Gasteiger partial charge in [-0.2, -0.15) is 0 Å². The standard InChI is InChI=1S/C16H16N2O2/c19-12-18-11-5-9-15(18)14-8-4-10-17-16(14)20-13-6-2-1-3-7-13/h1-4,6-8,10,12,15H,5,9,11H2/t15-/m1/s1. The van der Waals surface area contributed by atoms with Gasteiger partial charge < -0.3 is 9.64 Å². The third-order valence-electron chi connectivity index (χ3n) is 3.55. The minimum atomic E-state index is 0.0694. The predicted molar refractivity (Wildman–Crippen MR) is 75.5 cm³/mol. The van der Waals surface area contributed by atoms with E-state index in [1.54, 1.807) is 6.20 Å². The quantitative estimate of drug-likeness (QED) is 0.800. The van der Waals surface area contributed by atoms with Crippen LogP contribution in [0, 0.1) is 0 Å². The average Bonchev–Trinajstić information content (AvgIpc) is 2.97. The summed E-state index contributed by atoms with van der Waals surface area (Å²) in [7, 11) is 0. The summed E-state index contributed by atoms with van der Waals surface area (Å²) in [5, 5.41) is 0. The maximum absolute atomic E-state index is 11.1. The number of pyridine rings is 1. The van der Waals surface area contributed by atoms with E-state index in [0.29, 0.717) is 5.88 Å². The molecule has 1 aromatic carbocycles. The number of hydrogen-bond donors (Lipinski definition) is 0. The van der Waals surface area contributed by atoms with Gasteiger partial charge in [-0.1, -0.05) is 24.3 Å². The maximum Gasteiger partial charge on any atom is 0.224 e. The molecule has 3 rings (SSSR count). The third kappa shape index (κ3) is 2.50. The van der Waals surface area contributed by atoms with Crippen LogP contribution in [0.5, 0.6) is 11.6 Å². The number of ether oxygens (including phenoxy) is 1. The number of carbonyl (C=O) groups excluding carboxylic acids is 1. The summed E-state index contributed by atoms with van der Waals surface area (Å²) in [6.45, 7) is 0.799. The Hall–Kier alpha value is -2.36. The Bertz CT molecular complexity index is 586. The van der Waals surface area contributed by atoms with E-state index in [0.717, 1.165) is 37.1 Å². The Morgan fingerprint density at radius 2 is 2.05 bits per heavy atom. The molecular formula is C16H16N2O2. The van der Waals surface area contributed by atoms with Gasteiger partial charge in [-0.05, 0) is 31.0 Å². The van der Waals surface area contributed by atoms with Crippen LogP contribution in [0.2, 0.25) is 0 Å². The summed E-state index contributed by atoms with van der Waals surface area (Å²) < 4.78 is 5.86. The van der Waals surface area contributed by atoms with Crippen molar-refractivity contribution >= 4 is 6.41 Å². The lowest BCUT2D eigenvalue weighted by Gasteiger charge is -2.21. The van der Waals surface area contributed by atoms with Crippen molar-refractivity contribution in [1.29, 1.82) is 0 Å². The van der Waals surface area contributed by atoms with Crippen molar-refractivity contribution in [2.75, 3.05) is 6.54 Å². The molecule has 0 unspecified atom stereocenters. The van der Waals surface area contributed by atoms with Gasteiger partial charge in [-0.25, -0.2) is 4.98 Å². The molecule has 0 N–H and O–H groups in total. The summed E-state index contributed by atoms with van der Waals surface area (Å²) >= 11 is 0. The number of benzene rings is 1. The number of amides is 1. The van der Waals surface area contributed by atoms with E-state index >= 15 is 0 Å². The Morgan fingerprint density at radius 3 is 2.85 bits per heavy atom. The van der Waals surface area contributed by atoms with Gasteiger partial charge in [0.25, 0.3) is 0 Å². The highest BCUT2D eigenvalue weighted by Gasteiger charge is 2.27. The molecule has 1 atom stereocenters. The molecule has 1 aromatic heterocycles. The van der Waals surface area contributed by atoms with E-state index in [1.165, 1.54) is 0 Å². The van der Waals surface area contributed by atoms with Gasteiger partial charge in [0.1, 0.15) is 5.75 Å². The number of nitrogens with zero attached hydrogens (tertiary/aromatic N) is 2. The minimum absolute atomic E-state index is 0.0694. The molecule has 4 heteroatoms. The fourth-order valence-electron chi connectivity index (χ4n) is 2.59. The van der Waals surface area contributed by atoms with E-state index < -0.39 is 0 Å². The Labute approximate surface area is 118 Å². The van der Waals surface area contributed by atoms with Gasteiger partial charge in [-0.15, -0.1) is 0 Å². The molecule has 2 heterocycles. The smallest absolute Gasteiger partial charge is 0.224 e. The number of hydrogen-bond acceptors (Lipinski definition) is 3. The average molecular weight is 268 g/mol. The van der Waals surface area contributed by atoms with Gasteiger partial charge in [0.2, 0.25) is 12.3 Å². The highest BCUT2D eigenvalue weighted by molar-refractivity contribution is 5.50. The largest absolute Gasteiger partial charge is 0.439 e. The van der Waals surface area contributed by atoms with Crippen molar-refractivity contribution < 1.29 is 9.53 Å². The number of rotatable bonds is 4. The normalized spacial score (nSPS) is 18.0. The van der Waals surface area contributed by atoms with E-state index in [-0.39, 0.29) is 6.04 Å². The molecule has 0 spiro atoms. The molecular weight excluding hydrogens is 252 g/mol. The SMILES string of the molecule is O=CN1CCC[C@@H]1c1cccnc1Oc1ccccc1. The second kappa shape index (κ2) is 5.74. The molecule has 1 fully saturated rings. The number of para-hydroxylation sites is 1. The number of likely N-dealkylation sites (tertiary alicyclic amines) is 1. The lowest BCUT2D eigenvalue weighted by molar-refractivity contribution is -0.118. The van der Waals surface area contributed by atoms with Crippen LogP contribution in [0.25, 0.3) is 0 Å². The first-order chi connectivity index (χ1) is 9.88. The summed E-state index contributed by atoms with van der Waals surface area (Å²) in [5.41, 5.74) is 0.973. The van der Waals surface area contributed by atoms with Crippen LogP contribution in [-0.4, -0.2) is 22.8 Å². The van der Waals surface area contributed by atoms with Crippen molar-refractivity contribution in [3.05, 3.63) is 54.2 Å². The molecule has 0 radical (unpaired) electrons. The second-order valence-corrected chi connectivity index (χ2v) is 4.81. The van der Waals surface area contributed by atoms with Crippen molar-refractivity contribution in [3.63, 3.8) is 0 Å². The van der Waals surface area contributed by atoms with Crippen LogP contribution in [0.4, 0.5) is 0 Å². The van der Waals surface area contributed by atoms with Gasteiger partial charge in [0.15, 0.2) is 0 Å². The second-order valence-electron chi connectivity index (χ2n) is 4.81. The molecule has 1 aliphatic rings. The zero-order valence-electron chi connectivity index (χ0n) is 11.1. The first-order valence-electron chi connectivity index (χ1n) is 6.77. The van der Waals surface area contributed by atoms with Crippen molar-refractivity contribution in [3.8, 4) is 11.6 Å². The topological polar surface area (TPSA) is 42.4 Å². The highest BCUT2D eigenvalue weighted by atomic mass is 16.5. The monoisotopic (exact) mass is 268 g/mol. The summed E-state index contributed by atoms with van der Waals surface area (Å²) in [6, 6.07) is 13.5. The fraction of sp³-hybridized carbons (Fsp3) is 0.250. The predicted octanol–water partition coefficient (Wildman–Crippen LogP) is 3.17. The van der Waals surface area contributed by atoms with E-state index in [9.17, 15) is 4.79 Å². The molecule has 20 heavy (non-hydrogen) atoms. The van der Waals surface area contributed by atoms with Gasteiger partial charge >= 0.3 is 0 Å². The Kier molecular flexibility index (Phi) is 3.63. The zero-order valence-corrected chi connectivity index (χ0v) is 11.1. The molecule has 1 amide bonds. The molecule has 0 saturated carbocycles. The Morgan fingerprint density at radius 1 is 1.20 bits per heavy atom. The molecule has 1 aliphatic heterocycles. The number of aromatic nitrogens is 1. The number of carbonyl (C=O) groups is 1. The Balaban J connectivity index is 1.90. The fourth-order valence-corrected chi connectivity index (χ4v) is 2.59. The van der Waals surface area contributed by atoms with Crippen LogP contribution in [0.3, 0.4) is 0 Å². The third-order valence-corrected chi connectivity index (χ3v) is 3.55. The van der Waals surface area contributed by atoms with E-state index in [2.05, 4.69) is 4.98 Å². The van der Waals surface area contributed by atoms with E-state index in [1.807, 2.05) is 47.4 Å². The van der Waals surface area contributed by atoms with Crippen LogP contribution in [0.1, 0.15) is 24.4 Å². The molecule has 0 bridgehead atoms. The van der Waals surface area contributed by atoms with Crippen molar-refractivity contribution in [2.45, 2.75) is 18.9 Å². The highest BCUT2D eigenvalue weighted by Crippen LogP contribution is 2.36. The molecule has 0 aliphatic carbocycles. The summed E-state index contributed by atoms with van der Waals surface area (Å²) in [6.07, 6.45) is 4.59.